The molecule has 158 valence electrons. The highest BCUT2D eigenvalue weighted by Gasteiger charge is 2.42. The Bertz CT molecular complexity index is 1370. The van der Waals surface area contributed by atoms with Crippen LogP contribution in [0.25, 0.3) is 5.69 Å². The van der Waals surface area contributed by atoms with Gasteiger partial charge in [0.25, 0.3) is 21.6 Å². The second-order valence-electron chi connectivity index (χ2n) is 7.13. The van der Waals surface area contributed by atoms with Gasteiger partial charge in [0.05, 0.1) is 16.2 Å². The fourth-order valence-corrected chi connectivity index (χ4v) is 5.32. The number of sulfonamides is 1. The molecule has 0 atom stereocenters. The van der Waals surface area contributed by atoms with Crippen LogP contribution < -0.4 is 0 Å². The molecule has 0 saturated carbocycles. The van der Waals surface area contributed by atoms with Gasteiger partial charge in [0, 0.05) is 29.1 Å². The Morgan fingerprint density at radius 2 is 1.77 bits per heavy atom. The number of aromatic nitrogens is 1. The average molecular weight is 439 g/mol. The molecule has 1 aliphatic rings. The van der Waals surface area contributed by atoms with Crippen molar-refractivity contribution in [2.45, 2.75) is 18.7 Å². The number of nitrogens with zero attached hydrogens (tertiary/aromatic N) is 3. The molecule has 2 heterocycles. The number of carbonyl (C=O) groups is 2. The number of nitro benzene ring substituents is 1. The fraction of sp³-hybridized carbons (Fsp3) is 0.143. The fourth-order valence-electron chi connectivity index (χ4n) is 3.79. The first kappa shape index (κ1) is 20.5. The molecular weight excluding hydrogens is 422 g/mol. The first-order valence-electron chi connectivity index (χ1n) is 9.26. The van der Waals surface area contributed by atoms with Crippen molar-refractivity contribution in [2.75, 3.05) is 6.54 Å². The van der Waals surface area contributed by atoms with E-state index in [4.69, 9.17) is 0 Å². The van der Waals surface area contributed by atoms with Gasteiger partial charge in [-0.15, -0.1) is 0 Å². The molecule has 10 heteroatoms. The molecule has 0 bridgehead atoms. The number of hydrogen-bond donors (Lipinski definition) is 0. The van der Waals surface area contributed by atoms with Crippen LogP contribution in [0.5, 0.6) is 0 Å². The molecule has 2 aromatic carbocycles. The maximum Gasteiger partial charge on any atom is 0.271 e. The molecule has 0 N–H and O–H groups in total. The highest BCUT2D eigenvalue weighted by Crippen LogP contribution is 2.31. The van der Waals surface area contributed by atoms with Gasteiger partial charge in [-0.25, -0.2) is 12.7 Å². The lowest BCUT2D eigenvalue weighted by Crippen LogP contribution is -2.35. The van der Waals surface area contributed by atoms with Gasteiger partial charge in [0.1, 0.15) is 11.4 Å². The lowest BCUT2D eigenvalue weighted by atomic mass is 10.1. The summed E-state index contributed by atoms with van der Waals surface area (Å²) in [6, 6.07) is 13.4. The van der Waals surface area contributed by atoms with Gasteiger partial charge in [0.2, 0.25) is 0 Å². The lowest BCUT2D eigenvalue weighted by Gasteiger charge is -2.14. The lowest BCUT2D eigenvalue weighted by molar-refractivity contribution is -0.384. The second-order valence-corrected chi connectivity index (χ2v) is 8.96. The zero-order chi connectivity index (χ0) is 22.5. The highest BCUT2D eigenvalue weighted by molar-refractivity contribution is 7.90. The minimum absolute atomic E-state index is 0.0392. The summed E-state index contributed by atoms with van der Waals surface area (Å²) in [5, 5.41) is 11.1. The van der Waals surface area contributed by atoms with E-state index in [2.05, 4.69) is 0 Å². The molecule has 1 aliphatic heterocycles. The maximum atomic E-state index is 13.0. The predicted molar refractivity (Wildman–Crippen MR) is 111 cm³/mol. The summed E-state index contributed by atoms with van der Waals surface area (Å²) in [5.41, 5.74) is 1.81. The van der Waals surface area contributed by atoms with Gasteiger partial charge in [-0.2, -0.15) is 0 Å². The zero-order valence-electron chi connectivity index (χ0n) is 16.6. The summed E-state index contributed by atoms with van der Waals surface area (Å²) in [6.07, 6.45) is 0. The highest BCUT2D eigenvalue weighted by atomic mass is 32.2. The maximum absolute atomic E-state index is 13.0. The van der Waals surface area contributed by atoms with E-state index in [-0.39, 0.29) is 21.7 Å². The SMILES string of the molecule is Cc1cc(C(=O)CN2C(=O)c3ccccc3S2(=O)=O)c(C)n1-c1cccc([N+](=O)[O-])c1. The van der Waals surface area contributed by atoms with E-state index in [1.807, 2.05) is 0 Å². The van der Waals surface area contributed by atoms with Crippen LogP contribution in [0, 0.1) is 24.0 Å². The molecule has 0 spiro atoms. The standard InChI is InChI=1S/C21H17N3O6S/c1-13-10-18(14(2)23(13)15-6-5-7-16(11-15)24(27)28)19(25)12-22-21(26)17-8-3-4-9-20(17)31(22,29)30/h3-11H,12H2,1-2H3. The Hall–Kier alpha value is -3.79. The number of nitro groups is 1. The summed E-state index contributed by atoms with van der Waals surface area (Å²) in [6.45, 7) is 2.76. The molecule has 0 saturated heterocycles. The van der Waals surface area contributed by atoms with Crippen molar-refractivity contribution in [1.29, 1.82) is 0 Å². The smallest absolute Gasteiger partial charge is 0.271 e. The molecule has 0 unspecified atom stereocenters. The van der Waals surface area contributed by atoms with Crippen LogP contribution in [0.15, 0.2) is 59.5 Å². The van der Waals surface area contributed by atoms with Crippen molar-refractivity contribution in [3.63, 3.8) is 0 Å². The van der Waals surface area contributed by atoms with Crippen molar-refractivity contribution >= 4 is 27.4 Å². The molecule has 9 nitrogen and oxygen atoms in total. The molecule has 4 rings (SSSR count). The number of amides is 1. The number of benzene rings is 2. The van der Waals surface area contributed by atoms with E-state index in [0.29, 0.717) is 21.4 Å². The number of Topliss-reactive ketones (excluding diaryl/α,β-unsaturated/α-hetero) is 1. The minimum atomic E-state index is -4.10. The second kappa shape index (κ2) is 7.17. The van der Waals surface area contributed by atoms with Gasteiger partial charge in [-0.05, 0) is 38.1 Å². The predicted octanol–water partition coefficient (Wildman–Crippen LogP) is 3.03. The third kappa shape index (κ3) is 3.21. The molecule has 1 aromatic heterocycles. The van der Waals surface area contributed by atoms with E-state index < -0.39 is 33.2 Å². The molecule has 31 heavy (non-hydrogen) atoms. The van der Waals surface area contributed by atoms with Crippen LogP contribution >= 0.6 is 0 Å². The average Bonchev–Trinajstić information content (AvgIpc) is 3.14. The Labute approximate surface area is 177 Å². The van der Waals surface area contributed by atoms with Gasteiger partial charge in [0.15, 0.2) is 5.78 Å². The number of ketones is 1. The van der Waals surface area contributed by atoms with E-state index >= 15 is 0 Å². The summed E-state index contributed by atoms with van der Waals surface area (Å²) in [5.74, 6) is -1.29. The Morgan fingerprint density at radius 3 is 2.45 bits per heavy atom. The van der Waals surface area contributed by atoms with Crippen LogP contribution in [0.3, 0.4) is 0 Å². The van der Waals surface area contributed by atoms with Crippen LogP contribution in [0.1, 0.15) is 32.1 Å². The summed E-state index contributed by atoms with van der Waals surface area (Å²) in [4.78, 5) is 36.1. The largest absolute Gasteiger partial charge is 0.318 e. The topological polar surface area (TPSA) is 120 Å². The summed E-state index contributed by atoms with van der Waals surface area (Å²) in [7, 11) is -4.10. The Balaban J connectivity index is 1.69. The number of carbonyl (C=O) groups excluding carboxylic acids is 2. The van der Waals surface area contributed by atoms with Crippen LogP contribution in [0.4, 0.5) is 5.69 Å². The number of non-ortho nitro benzene ring substituents is 1. The normalized spacial score (nSPS) is 14.5. The Kier molecular flexibility index (Phi) is 4.74. The van der Waals surface area contributed by atoms with E-state index in [1.54, 1.807) is 42.7 Å². The monoisotopic (exact) mass is 439 g/mol. The van der Waals surface area contributed by atoms with Gasteiger partial charge < -0.3 is 4.57 Å². The Morgan fingerprint density at radius 1 is 1.06 bits per heavy atom. The van der Waals surface area contributed by atoms with Crippen molar-refractivity contribution in [2.24, 2.45) is 0 Å². The zero-order valence-corrected chi connectivity index (χ0v) is 17.4. The minimum Gasteiger partial charge on any atom is -0.318 e. The summed E-state index contributed by atoms with van der Waals surface area (Å²) < 4.78 is 27.7. The quantitative estimate of drug-likeness (QED) is 0.342. The van der Waals surface area contributed by atoms with E-state index in [9.17, 15) is 28.1 Å². The third-order valence-corrected chi connectivity index (χ3v) is 7.02. The van der Waals surface area contributed by atoms with Crippen LogP contribution in [0.2, 0.25) is 0 Å². The molecular formula is C21H17N3O6S. The first-order chi connectivity index (χ1) is 14.6. The number of hydrogen-bond acceptors (Lipinski definition) is 6. The van der Waals surface area contributed by atoms with Crippen LogP contribution in [-0.2, 0) is 10.0 Å². The van der Waals surface area contributed by atoms with Crippen molar-refractivity contribution < 1.29 is 22.9 Å². The summed E-state index contributed by atoms with van der Waals surface area (Å²) >= 11 is 0. The molecule has 0 fully saturated rings. The van der Waals surface area contributed by atoms with Crippen molar-refractivity contribution in [3.8, 4) is 5.69 Å². The van der Waals surface area contributed by atoms with Gasteiger partial charge in [-0.3, -0.25) is 19.7 Å². The molecule has 0 aliphatic carbocycles. The van der Waals surface area contributed by atoms with E-state index in [1.165, 1.54) is 30.3 Å². The third-order valence-electron chi connectivity index (χ3n) is 5.23. The van der Waals surface area contributed by atoms with E-state index in [0.717, 1.165) is 0 Å². The number of fused-ring (bicyclic) bond motifs is 1. The molecule has 3 aromatic rings. The number of aryl methyl sites for hydroxylation is 1. The van der Waals surface area contributed by atoms with Crippen molar-refractivity contribution in [3.05, 3.63) is 87.2 Å². The molecule has 0 radical (unpaired) electrons. The van der Waals surface area contributed by atoms with Crippen molar-refractivity contribution in [1.82, 2.24) is 8.87 Å². The number of rotatable bonds is 5. The van der Waals surface area contributed by atoms with Crippen LogP contribution in [-0.4, -0.2) is 40.4 Å². The first-order valence-corrected chi connectivity index (χ1v) is 10.7. The molecule has 1 amide bonds. The van der Waals surface area contributed by atoms with Gasteiger partial charge >= 0.3 is 0 Å². The van der Waals surface area contributed by atoms with Gasteiger partial charge in [-0.1, -0.05) is 18.2 Å².